The molecule has 0 spiro atoms. The predicted octanol–water partition coefficient (Wildman–Crippen LogP) is 2.81. The lowest BCUT2D eigenvalue weighted by atomic mass is 10.1. The van der Waals surface area contributed by atoms with E-state index in [9.17, 15) is 10.1 Å². The van der Waals surface area contributed by atoms with Crippen LogP contribution < -0.4 is 15.2 Å². The van der Waals surface area contributed by atoms with Crippen LogP contribution in [0.5, 0.6) is 0 Å². The molecule has 2 aromatic heterocycles. The number of furan rings is 1. The molecular weight excluding hydrogens is 492 g/mol. The van der Waals surface area contributed by atoms with E-state index in [2.05, 4.69) is 25.5 Å². The third-order valence-electron chi connectivity index (χ3n) is 5.61. The molecule has 1 aromatic carbocycles. The van der Waals surface area contributed by atoms with Gasteiger partial charge in [-0.3, -0.25) is 10.1 Å². The average molecular weight is 515 g/mol. The molecule has 2 fully saturated rings. The Hall–Kier alpha value is -3.81. The number of ether oxygens (including phenoxy) is 2. The Balaban J connectivity index is 1.33. The molecule has 1 N–H and O–H groups in total. The third-order valence-corrected chi connectivity index (χ3v) is 5.93. The van der Waals surface area contributed by atoms with Gasteiger partial charge in [-0.2, -0.15) is 20.1 Å². The number of anilines is 3. The molecular formula is C22H23ClN8O5. The van der Waals surface area contributed by atoms with E-state index in [1.165, 1.54) is 18.3 Å². The molecule has 0 bridgehead atoms. The fraction of sp³-hybridized carbons (Fsp3) is 0.364. The van der Waals surface area contributed by atoms with Crippen LogP contribution in [0.4, 0.5) is 23.5 Å². The van der Waals surface area contributed by atoms with Crippen LogP contribution in [0.25, 0.3) is 11.3 Å². The summed E-state index contributed by atoms with van der Waals surface area (Å²) in [5.41, 5.74) is 3.20. The van der Waals surface area contributed by atoms with E-state index < -0.39 is 4.92 Å². The van der Waals surface area contributed by atoms with Gasteiger partial charge in [0.05, 0.1) is 37.6 Å². The average Bonchev–Trinajstić information content (AvgIpc) is 3.38. The summed E-state index contributed by atoms with van der Waals surface area (Å²) in [5.74, 6) is 2.28. The zero-order valence-electron chi connectivity index (χ0n) is 19.2. The van der Waals surface area contributed by atoms with Crippen molar-refractivity contribution in [2.45, 2.75) is 0 Å². The van der Waals surface area contributed by atoms with E-state index in [1.807, 2.05) is 9.80 Å². The third kappa shape index (κ3) is 5.53. The van der Waals surface area contributed by atoms with Crippen LogP contribution in [-0.2, 0) is 9.47 Å². The van der Waals surface area contributed by atoms with E-state index in [1.54, 1.807) is 18.2 Å². The monoisotopic (exact) mass is 514 g/mol. The second-order valence-corrected chi connectivity index (χ2v) is 8.36. The number of hydrogen-bond acceptors (Lipinski definition) is 12. The molecule has 13 nitrogen and oxygen atoms in total. The Bertz CT molecular complexity index is 1220. The van der Waals surface area contributed by atoms with Crippen molar-refractivity contribution in [3.05, 3.63) is 51.2 Å². The second kappa shape index (κ2) is 10.8. The van der Waals surface area contributed by atoms with Crippen LogP contribution in [-0.4, -0.2) is 78.7 Å². The predicted molar refractivity (Wildman–Crippen MR) is 133 cm³/mol. The maximum Gasteiger partial charge on any atom is 0.288 e. The zero-order valence-corrected chi connectivity index (χ0v) is 19.9. The summed E-state index contributed by atoms with van der Waals surface area (Å²) in [4.78, 5) is 28.4. The topological polar surface area (TPSA) is 144 Å². The molecule has 0 saturated carbocycles. The smallest absolute Gasteiger partial charge is 0.288 e. The SMILES string of the molecule is O=[N+]([O-])c1cc(-c2ccc(C=NNc3nc(N4CCOCC4)nc(N4CCOCC4)n3)o2)ccc1Cl. The Labute approximate surface area is 210 Å². The van der Waals surface area contributed by atoms with Crippen LogP contribution in [0.2, 0.25) is 5.02 Å². The van der Waals surface area contributed by atoms with Gasteiger partial charge in [0.1, 0.15) is 16.5 Å². The molecule has 3 aromatic rings. The summed E-state index contributed by atoms with van der Waals surface area (Å²) in [6.07, 6.45) is 1.47. The highest BCUT2D eigenvalue weighted by molar-refractivity contribution is 6.32. The molecule has 0 radical (unpaired) electrons. The number of hydrogen-bond donors (Lipinski definition) is 1. The Morgan fingerprint density at radius 2 is 1.61 bits per heavy atom. The molecule has 14 heteroatoms. The van der Waals surface area contributed by atoms with Gasteiger partial charge in [-0.25, -0.2) is 5.43 Å². The first-order valence-electron chi connectivity index (χ1n) is 11.3. The van der Waals surface area contributed by atoms with E-state index >= 15 is 0 Å². The number of nitrogens with zero attached hydrogens (tertiary/aromatic N) is 7. The molecule has 2 aliphatic heterocycles. The lowest BCUT2D eigenvalue weighted by Gasteiger charge is -2.30. The highest BCUT2D eigenvalue weighted by Crippen LogP contribution is 2.31. The van der Waals surface area contributed by atoms with Gasteiger partial charge >= 0.3 is 0 Å². The largest absolute Gasteiger partial charge is 0.455 e. The summed E-state index contributed by atoms with van der Waals surface area (Å²) in [6.45, 7) is 5.18. The van der Waals surface area contributed by atoms with E-state index in [0.717, 1.165) is 0 Å². The summed E-state index contributed by atoms with van der Waals surface area (Å²) in [6, 6.07) is 7.88. The summed E-state index contributed by atoms with van der Waals surface area (Å²) in [7, 11) is 0. The molecule has 4 heterocycles. The van der Waals surface area contributed by atoms with Gasteiger partial charge in [0.2, 0.25) is 17.8 Å². The first kappa shape index (κ1) is 23.9. The second-order valence-electron chi connectivity index (χ2n) is 7.95. The Morgan fingerprint density at radius 1 is 0.972 bits per heavy atom. The molecule has 5 rings (SSSR count). The quantitative estimate of drug-likeness (QED) is 0.282. The lowest BCUT2D eigenvalue weighted by Crippen LogP contribution is -2.40. The summed E-state index contributed by atoms with van der Waals surface area (Å²) < 4.78 is 16.6. The van der Waals surface area contributed by atoms with Crippen molar-refractivity contribution in [3.63, 3.8) is 0 Å². The van der Waals surface area contributed by atoms with Gasteiger partial charge in [-0.05, 0) is 24.3 Å². The van der Waals surface area contributed by atoms with Crippen molar-refractivity contribution in [1.82, 2.24) is 15.0 Å². The standard InChI is InChI=1S/C22H23ClN8O5/c23-17-3-1-15(13-18(17)31(32)33)19-4-2-16(36-19)14-24-28-20-25-21(29-5-9-34-10-6-29)27-22(26-20)30-7-11-35-12-8-30/h1-4,13-14H,5-12H2,(H,25,26,27,28). The maximum atomic E-state index is 11.2. The highest BCUT2D eigenvalue weighted by Gasteiger charge is 2.21. The molecule has 0 unspecified atom stereocenters. The number of rotatable bonds is 7. The lowest BCUT2D eigenvalue weighted by molar-refractivity contribution is -0.384. The fourth-order valence-corrected chi connectivity index (χ4v) is 3.94. The molecule has 0 atom stereocenters. The van der Waals surface area contributed by atoms with E-state index in [4.69, 9.17) is 25.5 Å². The van der Waals surface area contributed by atoms with Gasteiger partial charge in [-0.1, -0.05) is 11.6 Å². The minimum atomic E-state index is -0.536. The molecule has 0 aliphatic carbocycles. The normalized spacial score (nSPS) is 16.5. The summed E-state index contributed by atoms with van der Waals surface area (Å²) >= 11 is 5.90. The van der Waals surface area contributed by atoms with E-state index in [-0.39, 0.29) is 10.7 Å². The van der Waals surface area contributed by atoms with Crippen LogP contribution in [0, 0.1) is 10.1 Å². The first-order valence-corrected chi connectivity index (χ1v) is 11.7. The minimum absolute atomic E-state index is 0.0616. The number of morpholine rings is 2. The zero-order chi connectivity index (χ0) is 24.9. The van der Waals surface area contributed by atoms with Crippen molar-refractivity contribution in [2.75, 3.05) is 67.8 Å². The van der Waals surface area contributed by atoms with Crippen LogP contribution in [0.1, 0.15) is 5.76 Å². The molecule has 36 heavy (non-hydrogen) atoms. The number of aromatic nitrogens is 3. The number of nitrogens with one attached hydrogen (secondary N) is 1. The van der Waals surface area contributed by atoms with Gasteiger partial charge in [0.25, 0.3) is 5.69 Å². The molecule has 188 valence electrons. The fourth-order valence-electron chi connectivity index (χ4n) is 3.75. The molecule has 2 aliphatic rings. The maximum absolute atomic E-state index is 11.2. The Kier molecular flexibility index (Phi) is 7.21. The van der Waals surface area contributed by atoms with Gasteiger partial charge < -0.3 is 23.7 Å². The minimum Gasteiger partial charge on any atom is -0.455 e. The van der Waals surface area contributed by atoms with Gasteiger partial charge in [0.15, 0.2) is 0 Å². The van der Waals surface area contributed by atoms with Gasteiger partial charge in [0, 0.05) is 37.8 Å². The first-order chi connectivity index (χ1) is 17.6. The van der Waals surface area contributed by atoms with Crippen molar-refractivity contribution >= 4 is 41.3 Å². The van der Waals surface area contributed by atoms with E-state index in [0.29, 0.717) is 87.5 Å². The van der Waals surface area contributed by atoms with Crippen LogP contribution in [0.3, 0.4) is 0 Å². The van der Waals surface area contributed by atoms with Gasteiger partial charge in [-0.15, -0.1) is 0 Å². The van der Waals surface area contributed by atoms with Crippen molar-refractivity contribution in [2.24, 2.45) is 5.10 Å². The Morgan fingerprint density at radius 3 is 2.22 bits per heavy atom. The highest BCUT2D eigenvalue weighted by atomic mass is 35.5. The van der Waals surface area contributed by atoms with Crippen molar-refractivity contribution in [3.8, 4) is 11.3 Å². The molecule has 0 amide bonds. The number of nitro groups is 1. The number of halogens is 1. The van der Waals surface area contributed by atoms with Crippen molar-refractivity contribution < 1.29 is 18.8 Å². The number of hydrazone groups is 1. The van der Waals surface area contributed by atoms with Crippen LogP contribution in [0.15, 0.2) is 39.9 Å². The van der Waals surface area contributed by atoms with Crippen molar-refractivity contribution in [1.29, 1.82) is 0 Å². The number of nitro benzene ring substituents is 1. The number of benzene rings is 1. The molecule has 2 saturated heterocycles. The summed E-state index contributed by atoms with van der Waals surface area (Å²) in [5, 5.41) is 15.4. The van der Waals surface area contributed by atoms with Crippen LogP contribution >= 0.6 is 11.6 Å².